The van der Waals surface area contributed by atoms with Crippen LogP contribution in [0, 0.1) is 5.82 Å². The first-order chi connectivity index (χ1) is 8.47. The summed E-state index contributed by atoms with van der Waals surface area (Å²) < 4.78 is 38.9. The second kappa shape index (κ2) is 4.87. The van der Waals surface area contributed by atoms with Crippen molar-refractivity contribution < 1.29 is 12.8 Å². The number of nitrogens with one attached hydrogen (secondary N) is 1. The van der Waals surface area contributed by atoms with Gasteiger partial charge in [-0.2, -0.15) is 0 Å². The molecule has 18 heavy (non-hydrogen) atoms. The molecule has 2 rings (SSSR count). The zero-order chi connectivity index (χ0) is 13.2. The number of sulfonamides is 1. The number of benzene rings is 1. The standard InChI is InChI=1S/C10H7ClFN3O2S/c11-10-13-5-9(6-14-10)18(16,17)15-8-3-1-2-7(12)4-8/h1-6,15H. The van der Waals surface area contributed by atoms with Gasteiger partial charge < -0.3 is 0 Å². The molecule has 0 atom stereocenters. The Hall–Kier alpha value is -1.73. The maximum absolute atomic E-state index is 12.9. The summed E-state index contributed by atoms with van der Waals surface area (Å²) in [6.07, 6.45) is 2.13. The average molecular weight is 288 g/mol. The molecule has 1 heterocycles. The minimum atomic E-state index is -3.85. The molecule has 0 aliphatic rings. The lowest BCUT2D eigenvalue weighted by Crippen LogP contribution is -2.13. The van der Waals surface area contributed by atoms with Gasteiger partial charge in [0.1, 0.15) is 10.7 Å². The topological polar surface area (TPSA) is 72.0 Å². The van der Waals surface area contributed by atoms with E-state index < -0.39 is 15.8 Å². The minimum Gasteiger partial charge on any atom is -0.279 e. The van der Waals surface area contributed by atoms with E-state index in [4.69, 9.17) is 11.6 Å². The highest BCUT2D eigenvalue weighted by atomic mass is 35.5. The van der Waals surface area contributed by atoms with E-state index in [1.807, 2.05) is 0 Å². The molecular weight excluding hydrogens is 281 g/mol. The highest BCUT2D eigenvalue weighted by Crippen LogP contribution is 2.16. The molecule has 94 valence electrons. The number of aromatic nitrogens is 2. The third kappa shape index (κ3) is 2.93. The van der Waals surface area contributed by atoms with Crippen LogP contribution in [0.25, 0.3) is 0 Å². The number of anilines is 1. The van der Waals surface area contributed by atoms with Crippen LogP contribution >= 0.6 is 11.6 Å². The first-order valence-electron chi connectivity index (χ1n) is 4.73. The monoisotopic (exact) mass is 287 g/mol. The van der Waals surface area contributed by atoms with Crippen molar-refractivity contribution in [2.75, 3.05) is 4.72 Å². The molecule has 0 bridgehead atoms. The van der Waals surface area contributed by atoms with Gasteiger partial charge in [-0.1, -0.05) is 6.07 Å². The third-order valence-corrected chi connectivity index (χ3v) is 3.51. The quantitative estimate of drug-likeness (QED) is 0.877. The molecule has 0 saturated carbocycles. The van der Waals surface area contributed by atoms with Crippen molar-refractivity contribution in [2.45, 2.75) is 4.90 Å². The number of hydrogen-bond donors (Lipinski definition) is 1. The Morgan fingerprint density at radius 3 is 2.50 bits per heavy atom. The maximum Gasteiger partial charge on any atom is 0.264 e. The van der Waals surface area contributed by atoms with Crippen LogP contribution in [0.1, 0.15) is 0 Å². The van der Waals surface area contributed by atoms with Crippen LogP contribution in [0.3, 0.4) is 0 Å². The second-order valence-corrected chi connectivity index (χ2v) is 5.32. The van der Waals surface area contributed by atoms with Crippen molar-refractivity contribution in [1.82, 2.24) is 9.97 Å². The summed E-state index contributed by atoms with van der Waals surface area (Å²) in [7, 11) is -3.85. The summed E-state index contributed by atoms with van der Waals surface area (Å²) in [5.74, 6) is -0.539. The summed E-state index contributed by atoms with van der Waals surface area (Å²) >= 11 is 5.46. The van der Waals surface area contributed by atoms with Gasteiger partial charge in [-0.05, 0) is 29.8 Å². The van der Waals surface area contributed by atoms with E-state index in [2.05, 4.69) is 14.7 Å². The van der Waals surface area contributed by atoms with Crippen molar-refractivity contribution in [3.8, 4) is 0 Å². The summed E-state index contributed by atoms with van der Waals surface area (Å²) in [6, 6.07) is 5.10. The van der Waals surface area contributed by atoms with Gasteiger partial charge in [-0.15, -0.1) is 0 Å². The van der Waals surface area contributed by atoms with E-state index in [-0.39, 0.29) is 15.9 Å². The molecule has 0 spiro atoms. The van der Waals surface area contributed by atoms with Crippen molar-refractivity contribution in [2.24, 2.45) is 0 Å². The molecular formula is C10H7ClFN3O2S. The zero-order valence-electron chi connectivity index (χ0n) is 8.84. The number of nitrogens with zero attached hydrogens (tertiary/aromatic N) is 2. The summed E-state index contributed by atoms with van der Waals surface area (Å²) in [4.78, 5) is 6.97. The molecule has 0 fully saturated rings. The average Bonchev–Trinajstić information content (AvgIpc) is 2.29. The number of hydrogen-bond acceptors (Lipinski definition) is 4. The fraction of sp³-hybridized carbons (Fsp3) is 0. The van der Waals surface area contributed by atoms with E-state index in [1.54, 1.807) is 0 Å². The van der Waals surface area contributed by atoms with Gasteiger partial charge in [0, 0.05) is 0 Å². The van der Waals surface area contributed by atoms with Gasteiger partial charge >= 0.3 is 0 Å². The van der Waals surface area contributed by atoms with Gasteiger partial charge in [0.2, 0.25) is 5.28 Å². The normalized spacial score (nSPS) is 11.2. The van der Waals surface area contributed by atoms with Crippen LogP contribution in [0.4, 0.5) is 10.1 Å². The largest absolute Gasteiger partial charge is 0.279 e. The lowest BCUT2D eigenvalue weighted by atomic mass is 10.3. The molecule has 5 nitrogen and oxygen atoms in total. The van der Waals surface area contributed by atoms with E-state index >= 15 is 0 Å². The van der Waals surface area contributed by atoms with Crippen LogP contribution < -0.4 is 4.72 Å². The summed E-state index contributed by atoms with van der Waals surface area (Å²) in [5, 5.41) is -0.0558. The molecule has 1 N–H and O–H groups in total. The van der Waals surface area contributed by atoms with Crippen molar-refractivity contribution in [3.63, 3.8) is 0 Å². The summed E-state index contributed by atoms with van der Waals surface area (Å²) in [6.45, 7) is 0. The molecule has 0 radical (unpaired) electrons. The Bertz CT molecular complexity index is 661. The minimum absolute atomic E-state index is 0.0558. The SMILES string of the molecule is O=S(=O)(Nc1cccc(F)c1)c1cnc(Cl)nc1. The van der Waals surface area contributed by atoms with Gasteiger partial charge in [-0.25, -0.2) is 22.8 Å². The molecule has 0 unspecified atom stereocenters. The van der Waals surface area contributed by atoms with E-state index in [9.17, 15) is 12.8 Å². The van der Waals surface area contributed by atoms with Crippen LogP contribution in [0.2, 0.25) is 5.28 Å². The highest BCUT2D eigenvalue weighted by Gasteiger charge is 2.15. The lowest BCUT2D eigenvalue weighted by molar-refractivity contribution is 0.600. The molecule has 8 heteroatoms. The first kappa shape index (κ1) is 12.7. The van der Waals surface area contributed by atoms with Crippen LogP contribution in [0.5, 0.6) is 0 Å². The molecule has 1 aromatic carbocycles. The van der Waals surface area contributed by atoms with Crippen LogP contribution in [0.15, 0.2) is 41.6 Å². The smallest absolute Gasteiger partial charge is 0.264 e. The predicted molar refractivity (Wildman–Crippen MR) is 64.3 cm³/mol. The van der Waals surface area contributed by atoms with Gasteiger partial charge in [0.15, 0.2) is 0 Å². The van der Waals surface area contributed by atoms with Gasteiger partial charge in [0.25, 0.3) is 10.0 Å². The first-order valence-corrected chi connectivity index (χ1v) is 6.59. The van der Waals surface area contributed by atoms with Crippen molar-refractivity contribution >= 4 is 27.3 Å². The van der Waals surface area contributed by atoms with E-state index in [0.717, 1.165) is 18.5 Å². The van der Waals surface area contributed by atoms with Gasteiger partial charge in [-0.3, -0.25) is 4.72 Å². The number of halogens is 2. The Balaban J connectivity index is 2.30. The third-order valence-electron chi connectivity index (χ3n) is 1.98. The second-order valence-electron chi connectivity index (χ2n) is 3.30. The fourth-order valence-electron chi connectivity index (χ4n) is 1.21. The van der Waals surface area contributed by atoms with Crippen molar-refractivity contribution in [3.05, 3.63) is 47.8 Å². The molecule has 2 aromatic rings. The van der Waals surface area contributed by atoms with Gasteiger partial charge in [0.05, 0.1) is 18.1 Å². The molecule has 0 amide bonds. The lowest BCUT2D eigenvalue weighted by Gasteiger charge is -2.07. The highest BCUT2D eigenvalue weighted by molar-refractivity contribution is 7.92. The Morgan fingerprint density at radius 1 is 1.22 bits per heavy atom. The Morgan fingerprint density at radius 2 is 1.89 bits per heavy atom. The Labute approximate surface area is 108 Å². The summed E-state index contributed by atoms with van der Waals surface area (Å²) in [5.41, 5.74) is 0.116. The fourth-order valence-corrected chi connectivity index (χ4v) is 2.24. The van der Waals surface area contributed by atoms with Crippen LogP contribution in [-0.2, 0) is 10.0 Å². The molecule has 0 saturated heterocycles. The number of rotatable bonds is 3. The van der Waals surface area contributed by atoms with E-state index in [1.165, 1.54) is 18.2 Å². The zero-order valence-corrected chi connectivity index (χ0v) is 10.4. The van der Waals surface area contributed by atoms with Crippen molar-refractivity contribution in [1.29, 1.82) is 0 Å². The molecule has 1 aromatic heterocycles. The molecule has 0 aliphatic heterocycles. The predicted octanol–water partition coefficient (Wildman–Crippen LogP) is 2.07. The van der Waals surface area contributed by atoms with E-state index in [0.29, 0.717) is 0 Å². The Kier molecular flexibility index (Phi) is 3.44. The maximum atomic E-state index is 12.9. The molecule has 0 aliphatic carbocycles. The van der Waals surface area contributed by atoms with Crippen LogP contribution in [-0.4, -0.2) is 18.4 Å².